The predicted molar refractivity (Wildman–Crippen MR) is 93.9 cm³/mol. The Morgan fingerprint density at radius 1 is 1.17 bits per heavy atom. The second kappa shape index (κ2) is 6.37. The number of benzene rings is 2. The van der Waals surface area contributed by atoms with E-state index in [9.17, 15) is 9.59 Å². The Balaban J connectivity index is 1.94. The fraction of sp³-hybridized carbons (Fsp3) is 0.111. The summed E-state index contributed by atoms with van der Waals surface area (Å²) in [6.07, 6.45) is 0. The van der Waals surface area contributed by atoms with Crippen molar-refractivity contribution in [2.45, 2.75) is 13.0 Å². The van der Waals surface area contributed by atoms with E-state index < -0.39 is 17.9 Å². The summed E-state index contributed by atoms with van der Waals surface area (Å²) < 4.78 is 0. The number of aryl methyl sites for hydroxylation is 1. The highest BCUT2D eigenvalue weighted by molar-refractivity contribution is 6.38. The maximum atomic E-state index is 12.6. The average Bonchev–Trinajstić information content (AvgIpc) is 2.89. The first-order chi connectivity index (χ1) is 11.5. The minimum atomic E-state index is -0.928. The minimum absolute atomic E-state index is 0.208. The van der Waals surface area contributed by atoms with Crippen molar-refractivity contribution in [2.75, 3.05) is 0 Å². The molecule has 0 radical (unpaired) electrons. The van der Waals surface area contributed by atoms with Crippen LogP contribution in [-0.2, 0) is 4.79 Å². The van der Waals surface area contributed by atoms with E-state index in [2.05, 4.69) is 10.3 Å². The number of primary amides is 1. The number of amides is 2. The molecule has 3 rings (SSSR count). The second-order valence-electron chi connectivity index (χ2n) is 5.58. The zero-order valence-electron chi connectivity index (χ0n) is 13.0. The van der Waals surface area contributed by atoms with E-state index in [4.69, 9.17) is 17.3 Å². The van der Waals surface area contributed by atoms with Gasteiger partial charge in [-0.1, -0.05) is 53.6 Å². The van der Waals surface area contributed by atoms with Gasteiger partial charge in [0, 0.05) is 10.9 Å². The van der Waals surface area contributed by atoms with Gasteiger partial charge in [0.05, 0.1) is 5.02 Å². The molecule has 6 heteroatoms. The summed E-state index contributed by atoms with van der Waals surface area (Å²) in [5.74, 6) is -1.13. The first kappa shape index (κ1) is 16.1. The highest BCUT2D eigenvalue weighted by atomic mass is 35.5. The molecule has 1 atom stereocenters. The summed E-state index contributed by atoms with van der Waals surface area (Å²) >= 11 is 6.32. The van der Waals surface area contributed by atoms with Crippen molar-refractivity contribution in [3.8, 4) is 0 Å². The molecule has 24 heavy (non-hydrogen) atoms. The summed E-state index contributed by atoms with van der Waals surface area (Å²) in [7, 11) is 0. The molecule has 0 aliphatic heterocycles. The number of nitrogens with one attached hydrogen (secondary N) is 2. The Labute approximate surface area is 143 Å². The van der Waals surface area contributed by atoms with Crippen LogP contribution in [0.4, 0.5) is 0 Å². The highest BCUT2D eigenvalue weighted by Crippen LogP contribution is 2.28. The Morgan fingerprint density at radius 3 is 2.54 bits per heavy atom. The number of aromatic nitrogens is 1. The molecule has 2 amide bonds. The van der Waals surface area contributed by atoms with Crippen molar-refractivity contribution in [3.05, 3.63) is 70.4 Å². The van der Waals surface area contributed by atoms with Crippen molar-refractivity contribution < 1.29 is 9.59 Å². The average molecular weight is 342 g/mol. The van der Waals surface area contributed by atoms with E-state index in [1.54, 1.807) is 24.3 Å². The number of hydrogen-bond acceptors (Lipinski definition) is 2. The van der Waals surface area contributed by atoms with Crippen LogP contribution in [0.1, 0.15) is 27.7 Å². The maximum absolute atomic E-state index is 12.6. The van der Waals surface area contributed by atoms with Gasteiger partial charge in [0.2, 0.25) is 5.91 Å². The van der Waals surface area contributed by atoms with Gasteiger partial charge in [-0.25, -0.2) is 0 Å². The molecule has 0 unspecified atom stereocenters. The lowest BCUT2D eigenvalue weighted by molar-refractivity contribution is -0.120. The number of halogens is 1. The number of aromatic amines is 1. The third-order valence-electron chi connectivity index (χ3n) is 3.81. The zero-order chi connectivity index (χ0) is 17.3. The number of fused-ring (bicyclic) bond motifs is 1. The predicted octanol–water partition coefficient (Wildman–Crippen LogP) is 3.09. The van der Waals surface area contributed by atoms with Crippen molar-refractivity contribution >= 4 is 34.3 Å². The van der Waals surface area contributed by atoms with Gasteiger partial charge in [-0.3, -0.25) is 9.59 Å². The third-order valence-corrected chi connectivity index (χ3v) is 4.20. The molecular formula is C18H16ClN3O2. The SMILES string of the molecule is Cc1ccc2[nH]c(C(=O)N[C@H](C(N)=O)c3ccccc3)c(Cl)c2c1. The highest BCUT2D eigenvalue weighted by Gasteiger charge is 2.23. The van der Waals surface area contributed by atoms with Gasteiger partial charge in [-0.2, -0.15) is 0 Å². The Bertz CT molecular complexity index is 919. The summed E-state index contributed by atoms with van der Waals surface area (Å²) in [5.41, 5.74) is 8.04. The van der Waals surface area contributed by atoms with E-state index in [1.165, 1.54) is 0 Å². The van der Waals surface area contributed by atoms with Crippen LogP contribution in [0.5, 0.6) is 0 Å². The molecule has 0 saturated heterocycles. The summed E-state index contributed by atoms with van der Waals surface area (Å²) in [5, 5.41) is 3.72. The molecular weight excluding hydrogens is 326 g/mol. The van der Waals surface area contributed by atoms with Gasteiger partial charge in [0.15, 0.2) is 0 Å². The van der Waals surface area contributed by atoms with E-state index in [0.717, 1.165) is 16.5 Å². The van der Waals surface area contributed by atoms with Crippen molar-refractivity contribution in [1.29, 1.82) is 0 Å². The molecule has 2 aromatic carbocycles. The number of nitrogens with two attached hydrogens (primary N) is 1. The molecule has 1 aromatic heterocycles. The third kappa shape index (κ3) is 2.98. The van der Waals surface area contributed by atoms with Crippen LogP contribution in [-0.4, -0.2) is 16.8 Å². The molecule has 0 aliphatic carbocycles. The van der Waals surface area contributed by atoms with Gasteiger partial charge >= 0.3 is 0 Å². The molecule has 0 saturated carbocycles. The number of carbonyl (C=O) groups excluding carboxylic acids is 2. The molecule has 0 bridgehead atoms. The molecule has 5 nitrogen and oxygen atoms in total. The van der Waals surface area contributed by atoms with Crippen LogP contribution in [0.25, 0.3) is 10.9 Å². The minimum Gasteiger partial charge on any atom is -0.368 e. The molecule has 0 fully saturated rings. The van der Waals surface area contributed by atoms with Gasteiger partial charge in [0.25, 0.3) is 5.91 Å². The number of hydrogen-bond donors (Lipinski definition) is 3. The fourth-order valence-corrected chi connectivity index (χ4v) is 2.89. The monoisotopic (exact) mass is 341 g/mol. The van der Waals surface area contributed by atoms with Gasteiger partial charge < -0.3 is 16.0 Å². The molecule has 4 N–H and O–H groups in total. The van der Waals surface area contributed by atoms with Gasteiger partial charge in [-0.05, 0) is 24.6 Å². The van der Waals surface area contributed by atoms with Crippen molar-refractivity contribution in [1.82, 2.24) is 10.3 Å². The standard InChI is InChI=1S/C18H16ClN3O2/c1-10-7-8-13-12(9-10)14(19)16(21-13)18(24)22-15(17(20)23)11-5-3-2-4-6-11/h2-9,15,21H,1H3,(H2,20,23)(H,22,24)/t15-/m0/s1. The quantitative estimate of drug-likeness (QED) is 0.681. The van der Waals surface area contributed by atoms with Crippen LogP contribution in [0.2, 0.25) is 5.02 Å². The first-order valence-corrected chi connectivity index (χ1v) is 7.78. The van der Waals surface area contributed by atoms with Crippen molar-refractivity contribution in [3.63, 3.8) is 0 Å². The summed E-state index contributed by atoms with van der Waals surface area (Å²) in [4.78, 5) is 27.3. The van der Waals surface area contributed by atoms with Crippen LogP contribution in [0.3, 0.4) is 0 Å². The largest absolute Gasteiger partial charge is 0.368 e. The summed E-state index contributed by atoms with van der Waals surface area (Å²) in [6.45, 7) is 1.95. The maximum Gasteiger partial charge on any atom is 0.270 e. The van der Waals surface area contributed by atoms with E-state index in [-0.39, 0.29) is 5.69 Å². The second-order valence-corrected chi connectivity index (χ2v) is 5.96. The smallest absolute Gasteiger partial charge is 0.270 e. The molecule has 0 aliphatic rings. The number of carbonyl (C=O) groups is 2. The van der Waals surface area contributed by atoms with Crippen LogP contribution < -0.4 is 11.1 Å². The Kier molecular flexibility index (Phi) is 4.27. The normalized spacial score (nSPS) is 12.1. The van der Waals surface area contributed by atoms with Gasteiger partial charge in [0.1, 0.15) is 11.7 Å². The molecule has 3 aromatic rings. The van der Waals surface area contributed by atoms with Gasteiger partial charge in [-0.15, -0.1) is 0 Å². The van der Waals surface area contributed by atoms with E-state index in [1.807, 2.05) is 31.2 Å². The lowest BCUT2D eigenvalue weighted by Crippen LogP contribution is -2.37. The first-order valence-electron chi connectivity index (χ1n) is 7.40. The Morgan fingerprint density at radius 2 is 1.88 bits per heavy atom. The number of H-pyrrole nitrogens is 1. The zero-order valence-corrected chi connectivity index (χ0v) is 13.7. The molecule has 122 valence electrons. The van der Waals surface area contributed by atoms with E-state index >= 15 is 0 Å². The van der Waals surface area contributed by atoms with Crippen LogP contribution in [0, 0.1) is 6.92 Å². The summed E-state index contributed by atoms with van der Waals surface area (Å²) in [6, 6.07) is 13.6. The lowest BCUT2D eigenvalue weighted by atomic mass is 10.1. The van der Waals surface area contributed by atoms with Crippen LogP contribution >= 0.6 is 11.6 Å². The van der Waals surface area contributed by atoms with Crippen LogP contribution in [0.15, 0.2) is 48.5 Å². The Hall–Kier alpha value is -2.79. The van der Waals surface area contributed by atoms with Crippen molar-refractivity contribution in [2.24, 2.45) is 5.73 Å². The number of rotatable bonds is 4. The molecule has 1 heterocycles. The fourth-order valence-electron chi connectivity index (χ4n) is 2.60. The lowest BCUT2D eigenvalue weighted by Gasteiger charge is -2.15. The van der Waals surface area contributed by atoms with E-state index in [0.29, 0.717) is 10.6 Å². The molecule has 0 spiro atoms. The topological polar surface area (TPSA) is 88.0 Å².